The summed E-state index contributed by atoms with van der Waals surface area (Å²) in [6.07, 6.45) is 7.67. The zero-order valence-corrected chi connectivity index (χ0v) is 20.9. The van der Waals surface area contributed by atoms with Gasteiger partial charge in [-0.1, -0.05) is 101 Å². The third-order valence-electron chi connectivity index (χ3n) is 5.55. The van der Waals surface area contributed by atoms with Gasteiger partial charge >= 0.3 is 0 Å². The van der Waals surface area contributed by atoms with Crippen LogP contribution in [0.1, 0.15) is 32.8 Å². The summed E-state index contributed by atoms with van der Waals surface area (Å²) in [7, 11) is -3.41. The van der Waals surface area contributed by atoms with Crippen LogP contribution in [0.25, 0.3) is 0 Å². The van der Waals surface area contributed by atoms with Gasteiger partial charge in [0, 0.05) is 0 Å². The van der Waals surface area contributed by atoms with Crippen LogP contribution in [0, 0.1) is 12.3 Å². The van der Waals surface area contributed by atoms with E-state index in [9.17, 15) is 0 Å². The summed E-state index contributed by atoms with van der Waals surface area (Å²) in [6.45, 7) is 25.9. The monoisotopic (exact) mass is 398 g/mol. The van der Waals surface area contributed by atoms with Gasteiger partial charge in [0.15, 0.2) is 0 Å². The van der Waals surface area contributed by atoms with Crippen molar-refractivity contribution in [3.05, 3.63) is 53.3 Å². The highest BCUT2D eigenvalue weighted by molar-refractivity contribution is 6.97. The van der Waals surface area contributed by atoms with Gasteiger partial charge in [-0.15, -0.1) is 0 Å². The fraction of sp³-hybridized carbons (Fsp3) is 0.500. The van der Waals surface area contributed by atoms with Crippen molar-refractivity contribution in [2.45, 2.75) is 66.9 Å². The van der Waals surface area contributed by atoms with E-state index in [4.69, 9.17) is 4.74 Å². The van der Waals surface area contributed by atoms with Crippen LogP contribution in [0.3, 0.4) is 0 Å². The normalized spacial score (nSPS) is 15.4. The number of hydrogen-bond donors (Lipinski definition) is 0. The molecule has 0 fully saturated rings. The van der Waals surface area contributed by atoms with Crippen LogP contribution in [0.4, 0.5) is 0 Å². The number of aryl methyl sites for hydroxylation is 1. The molecule has 148 valence electrons. The van der Waals surface area contributed by atoms with E-state index in [-0.39, 0.29) is 5.41 Å². The summed E-state index contributed by atoms with van der Waals surface area (Å²) < 4.78 is 6.37. The van der Waals surface area contributed by atoms with Gasteiger partial charge in [-0.25, -0.2) is 0 Å². The summed E-state index contributed by atoms with van der Waals surface area (Å²) in [5.74, 6) is 1.16. The Bertz CT molecular complexity index is 784. The Hall–Kier alpha value is -1.33. The molecule has 2 rings (SSSR count). The van der Waals surface area contributed by atoms with Gasteiger partial charge in [0.1, 0.15) is 20.4 Å². The van der Waals surface area contributed by atoms with Crippen molar-refractivity contribution < 1.29 is 4.74 Å². The number of rotatable bonds is 6. The molecule has 1 nitrogen and oxygen atoms in total. The van der Waals surface area contributed by atoms with Crippen molar-refractivity contribution in [1.82, 2.24) is 0 Å². The van der Waals surface area contributed by atoms with Gasteiger partial charge in [-0.3, -0.25) is 0 Å². The minimum Gasteiger partial charge on any atom is -0.490 e. The molecule has 0 aliphatic heterocycles. The Balaban J connectivity index is 2.76. The minimum atomic E-state index is -1.88. The lowest BCUT2D eigenvalue weighted by atomic mass is 9.87. The lowest BCUT2D eigenvalue weighted by molar-refractivity contribution is 0.368. The van der Waals surface area contributed by atoms with Crippen LogP contribution in [-0.2, 0) is 0 Å². The van der Waals surface area contributed by atoms with Gasteiger partial charge in [0.2, 0.25) is 0 Å². The average Bonchev–Trinajstić information content (AvgIpc) is 3.02. The maximum Gasteiger partial charge on any atom is 0.118 e. The number of hydrogen-bond acceptors (Lipinski definition) is 1. The molecule has 3 heteroatoms. The molecule has 0 atom stereocenters. The largest absolute Gasteiger partial charge is 0.490 e. The van der Waals surface area contributed by atoms with Gasteiger partial charge in [0.25, 0.3) is 0 Å². The summed E-state index contributed by atoms with van der Waals surface area (Å²) in [5.41, 5.74) is 3.07. The predicted molar refractivity (Wildman–Crippen MR) is 127 cm³/mol. The standard InChI is InChI=1S/C24H38OSi2/c1-11-15-25-23-21(26(6,7)8)16-18(2)17-22(23)27(9,10)20-14-12-13-19(20)24(3,4)5/h11-13,16-17H,1,14-15H2,2-10H3. The number of ether oxygens (including phenoxy) is 1. The van der Waals surface area contributed by atoms with E-state index in [1.165, 1.54) is 21.5 Å². The summed E-state index contributed by atoms with van der Waals surface area (Å²) in [6, 6.07) is 4.77. The first-order chi connectivity index (χ1) is 12.3. The first kappa shape index (κ1) is 22.0. The third kappa shape index (κ3) is 4.57. The molecule has 0 unspecified atom stereocenters. The third-order valence-corrected chi connectivity index (χ3v) is 11.2. The van der Waals surface area contributed by atoms with Gasteiger partial charge in [-0.2, -0.15) is 0 Å². The highest BCUT2D eigenvalue weighted by Crippen LogP contribution is 2.39. The van der Waals surface area contributed by atoms with Crippen molar-refractivity contribution in [1.29, 1.82) is 0 Å². The number of benzene rings is 1. The van der Waals surface area contributed by atoms with Crippen molar-refractivity contribution >= 4 is 26.5 Å². The summed E-state index contributed by atoms with van der Waals surface area (Å²) in [5, 5.41) is 4.57. The molecule has 0 spiro atoms. The molecule has 0 radical (unpaired) electrons. The Morgan fingerprint density at radius 2 is 1.67 bits per heavy atom. The van der Waals surface area contributed by atoms with Gasteiger partial charge in [0.05, 0.1) is 8.07 Å². The number of allylic oxidation sites excluding steroid dienone is 4. The molecule has 1 aliphatic carbocycles. The van der Waals surface area contributed by atoms with Crippen LogP contribution >= 0.6 is 0 Å². The van der Waals surface area contributed by atoms with E-state index >= 15 is 0 Å². The highest BCUT2D eigenvalue weighted by Gasteiger charge is 2.38. The van der Waals surface area contributed by atoms with E-state index < -0.39 is 16.1 Å². The van der Waals surface area contributed by atoms with E-state index in [2.05, 4.69) is 91.3 Å². The van der Waals surface area contributed by atoms with Crippen molar-refractivity contribution in [2.75, 3.05) is 6.61 Å². The lowest BCUT2D eigenvalue weighted by Gasteiger charge is -2.34. The second-order valence-corrected chi connectivity index (χ2v) is 19.8. The molecular weight excluding hydrogens is 360 g/mol. The summed E-state index contributed by atoms with van der Waals surface area (Å²) >= 11 is 0. The van der Waals surface area contributed by atoms with Gasteiger partial charge in [-0.05, 0) is 34.7 Å². The van der Waals surface area contributed by atoms with Crippen LogP contribution in [-0.4, -0.2) is 22.8 Å². The zero-order chi connectivity index (χ0) is 20.6. The molecule has 1 aromatic rings. The Morgan fingerprint density at radius 1 is 1.07 bits per heavy atom. The first-order valence-electron chi connectivity index (χ1n) is 10.1. The van der Waals surface area contributed by atoms with Crippen LogP contribution in [0.2, 0.25) is 32.7 Å². The van der Waals surface area contributed by atoms with Crippen molar-refractivity contribution in [2.24, 2.45) is 5.41 Å². The van der Waals surface area contributed by atoms with Crippen LogP contribution in [0.15, 0.2) is 47.7 Å². The van der Waals surface area contributed by atoms with Crippen LogP contribution < -0.4 is 15.1 Å². The Morgan fingerprint density at radius 3 is 2.19 bits per heavy atom. The fourth-order valence-corrected chi connectivity index (χ4v) is 9.18. The molecule has 0 amide bonds. The molecule has 1 aromatic carbocycles. The topological polar surface area (TPSA) is 9.23 Å². The van der Waals surface area contributed by atoms with E-state index in [0.29, 0.717) is 6.61 Å². The molecule has 27 heavy (non-hydrogen) atoms. The molecule has 0 aromatic heterocycles. The van der Waals surface area contributed by atoms with Crippen LogP contribution in [0.5, 0.6) is 5.75 Å². The maximum atomic E-state index is 6.37. The molecular formula is C24H38OSi2. The molecule has 0 heterocycles. The van der Waals surface area contributed by atoms with Crippen molar-refractivity contribution in [3.63, 3.8) is 0 Å². The lowest BCUT2D eigenvalue weighted by Crippen LogP contribution is -2.50. The minimum absolute atomic E-state index is 0.181. The van der Waals surface area contributed by atoms with Gasteiger partial charge < -0.3 is 4.74 Å². The Labute approximate surface area is 169 Å². The van der Waals surface area contributed by atoms with E-state index in [1.807, 2.05) is 6.08 Å². The Kier molecular flexibility index (Phi) is 6.18. The molecule has 1 aliphatic rings. The second kappa shape index (κ2) is 7.59. The van der Waals surface area contributed by atoms with E-state index in [0.717, 1.165) is 12.2 Å². The second-order valence-electron chi connectivity index (χ2n) is 10.4. The SMILES string of the molecule is C=CCOc1c([Si](C)(C)C)cc(C)cc1[Si](C)(C)C1=C(C(C)(C)C)C=CC1. The highest BCUT2D eigenvalue weighted by atomic mass is 28.3. The van der Waals surface area contributed by atoms with Crippen molar-refractivity contribution in [3.8, 4) is 5.75 Å². The predicted octanol–water partition coefficient (Wildman–Crippen LogP) is 5.86. The zero-order valence-electron chi connectivity index (χ0n) is 18.9. The first-order valence-corrected chi connectivity index (χ1v) is 16.6. The molecule has 0 bridgehead atoms. The smallest absolute Gasteiger partial charge is 0.118 e. The average molecular weight is 399 g/mol. The maximum absolute atomic E-state index is 6.37. The quantitative estimate of drug-likeness (QED) is 0.430. The molecule has 0 saturated carbocycles. The van der Waals surface area contributed by atoms with E-state index in [1.54, 1.807) is 5.20 Å². The molecule has 0 saturated heterocycles. The molecule has 0 N–H and O–H groups in total. The summed E-state index contributed by atoms with van der Waals surface area (Å²) in [4.78, 5) is 0. The fourth-order valence-electron chi connectivity index (χ4n) is 4.05.